The fourth-order valence-corrected chi connectivity index (χ4v) is 1.70. The molecule has 0 atom stereocenters. The number of alkyl halides is 3. The van der Waals surface area contributed by atoms with Crippen LogP contribution in [0.4, 0.5) is 24.8 Å². The smallest absolute Gasteiger partial charge is 0.370 e. The average Bonchev–Trinajstić information content (AvgIpc) is 2.35. The van der Waals surface area contributed by atoms with Crippen LogP contribution in [0.25, 0.3) is 0 Å². The lowest BCUT2D eigenvalue weighted by Crippen LogP contribution is -2.26. The fourth-order valence-electron chi connectivity index (χ4n) is 1.70. The van der Waals surface area contributed by atoms with Gasteiger partial charge >= 0.3 is 6.18 Å². The van der Waals surface area contributed by atoms with Crippen LogP contribution < -0.4 is 10.2 Å². The largest absolute Gasteiger partial charge is 0.451 e. The summed E-state index contributed by atoms with van der Waals surface area (Å²) in [6, 6.07) is 1.55. The lowest BCUT2D eigenvalue weighted by Gasteiger charge is -2.22. The summed E-state index contributed by atoms with van der Waals surface area (Å²) in [5.41, 5.74) is 0. The van der Waals surface area contributed by atoms with E-state index in [1.165, 1.54) is 0 Å². The van der Waals surface area contributed by atoms with Crippen molar-refractivity contribution in [3.05, 3.63) is 11.9 Å². The summed E-state index contributed by atoms with van der Waals surface area (Å²) in [4.78, 5) is 8.93. The number of aromatic nitrogens is 2. The van der Waals surface area contributed by atoms with E-state index in [1.807, 2.05) is 13.8 Å². The Bertz CT molecular complexity index is 406. The van der Waals surface area contributed by atoms with E-state index in [0.29, 0.717) is 25.5 Å². The second kappa shape index (κ2) is 6.58. The molecule has 1 aromatic heterocycles. The molecule has 0 aliphatic heterocycles. The van der Waals surface area contributed by atoms with Gasteiger partial charge in [-0.15, -0.1) is 0 Å². The summed E-state index contributed by atoms with van der Waals surface area (Å²) in [7, 11) is 0. The van der Waals surface area contributed by atoms with Crippen molar-refractivity contribution in [1.82, 2.24) is 9.97 Å². The van der Waals surface area contributed by atoms with E-state index in [1.54, 1.807) is 17.9 Å². The van der Waals surface area contributed by atoms with Gasteiger partial charge in [-0.2, -0.15) is 13.2 Å². The lowest BCUT2D eigenvalue weighted by atomic mass is 10.3. The average molecular weight is 276 g/mol. The number of halogens is 3. The Labute approximate surface area is 111 Å². The highest BCUT2D eigenvalue weighted by atomic mass is 19.4. The molecular weight excluding hydrogens is 257 g/mol. The van der Waals surface area contributed by atoms with Crippen LogP contribution in [0.15, 0.2) is 6.07 Å². The number of anilines is 2. The van der Waals surface area contributed by atoms with Gasteiger partial charge in [0.25, 0.3) is 0 Å². The lowest BCUT2D eigenvalue weighted by molar-refractivity contribution is -0.144. The topological polar surface area (TPSA) is 41.0 Å². The van der Waals surface area contributed by atoms with E-state index in [-0.39, 0.29) is 5.82 Å². The van der Waals surface area contributed by atoms with Gasteiger partial charge in [0.15, 0.2) is 0 Å². The van der Waals surface area contributed by atoms with Gasteiger partial charge in [0.05, 0.1) is 0 Å². The summed E-state index contributed by atoms with van der Waals surface area (Å²) in [5.74, 6) is -0.590. The molecule has 0 radical (unpaired) electrons. The molecule has 1 heterocycles. The molecule has 1 aromatic rings. The third kappa shape index (κ3) is 4.25. The van der Waals surface area contributed by atoms with Gasteiger partial charge in [-0.3, -0.25) is 0 Å². The van der Waals surface area contributed by atoms with E-state index in [9.17, 15) is 13.2 Å². The molecular formula is C12H19F3N4. The Kier molecular flexibility index (Phi) is 5.38. The Balaban J connectivity index is 3.18. The predicted molar refractivity (Wildman–Crippen MR) is 69.4 cm³/mol. The number of hydrogen-bond donors (Lipinski definition) is 1. The first-order chi connectivity index (χ1) is 8.92. The van der Waals surface area contributed by atoms with Crippen LogP contribution in [0.2, 0.25) is 0 Å². The summed E-state index contributed by atoms with van der Waals surface area (Å²) in [5, 5.41) is 2.80. The molecule has 0 fully saturated rings. The van der Waals surface area contributed by atoms with Gasteiger partial charge in [0.2, 0.25) is 5.82 Å². The van der Waals surface area contributed by atoms with Crippen molar-refractivity contribution in [3.8, 4) is 0 Å². The quantitative estimate of drug-likeness (QED) is 0.866. The normalized spacial score (nSPS) is 11.5. The molecule has 0 spiro atoms. The molecule has 0 amide bonds. The Hall–Kier alpha value is -1.53. The first-order valence-electron chi connectivity index (χ1n) is 6.37. The maximum Gasteiger partial charge on any atom is 0.451 e. The zero-order valence-corrected chi connectivity index (χ0v) is 11.4. The number of nitrogens with zero attached hydrogens (tertiary/aromatic N) is 3. The molecule has 0 aromatic carbocycles. The van der Waals surface area contributed by atoms with E-state index < -0.39 is 12.0 Å². The van der Waals surface area contributed by atoms with E-state index in [2.05, 4.69) is 15.3 Å². The van der Waals surface area contributed by atoms with Crippen LogP contribution >= 0.6 is 0 Å². The summed E-state index contributed by atoms with van der Waals surface area (Å²) >= 11 is 0. The van der Waals surface area contributed by atoms with Gasteiger partial charge in [-0.1, -0.05) is 6.92 Å². The van der Waals surface area contributed by atoms with Crippen LogP contribution in [0.5, 0.6) is 0 Å². The number of nitrogens with one attached hydrogen (secondary N) is 1. The number of hydrogen-bond acceptors (Lipinski definition) is 4. The van der Waals surface area contributed by atoms with Crippen LogP contribution in [-0.2, 0) is 6.18 Å². The zero-order chi connectivity index (χ0) is 14.5. The predicted octanol–water partition coefficient (Wildman–Crippen LogP) is 3.16. The van der Waals surface area contributed by atoms with Crippen molar-refractivity contribution in [2.24, 2.45) is 0 Å². The van der Waals surface area contributed by atoms with Gasteiger partial charge in [-0.25, -0.2) is 9.97 Å². The van der Waals surface area contributed by atoms with Crippen molar-refractivity contribution in [2.75, 3.05) is 29.9 Å². The minimum Gasteiger partial charge on any atom is -0.370 e. The van der Waals surface area contributed by atoms with Gasteiger partial charge < -0.3 is 10.2 Å². The van der Waals surface area contributed by atoms with E-state index >= 15 is 0 Å². The minimum absolute atomic E-state index is 0.203. The van der Waals surface area contributed by atoms with Crippen molar-refractivity contribution in [3.63, 3.8) is 0 Å². The molecule has 0 bridgehead atoms. The number of rotatable bonds is 6. The molecule has 7 heteroatoms. The summed E-state index contributed by atoms with van der Waals surface area (Å²) < 4.78 is 38.3. The Morgan fingerprint density at radius 3 is 2.37 bits per heavy atom. The SMILES string of the molecule is CCCN(CC)c1cc(NCC)nc(C(F)(F)F)n1. The van der Waals surface area contributed by atoms with Crippen LogP contribution in [-0.4, -0.2) is 29.6 Å². The molecule has 4 nitrogen and oxygen atoms in total. The molecule has 1 N–H and O–H groups in total. The third-order valence-electron chi connectivity index (χ3n) is 2.52. The second-order valence-electron chi connectivity index (χ2n) is 4.04. The standard InChI is InChI=1S/C12H19F3N4/c1-4-7-19(6-3)10-8-9(16-5-2)17-11(18-10)12(13,14)15/h8H,4-7H2,1-3H3,(H,16,17,18). The first kappa shape index (κ1) is 15.5. The summed E-state index contributed by atoms with van der Waals surface area (Å²) in [6.07, 6.45) is -3.69. The zero-order valence-electron chi connectivity index (χ0n) is 11.4. The highest BCUT2D eigenvalue weighted by molar-refractivity contribution is 5.49. The molecule has 0 aliphatic carbocycles. The van der Waals surface area contributed by atoms with Crippen molar-refractivity contribution in [2.45, 2.75) is 33.4 Å². The van der Waals surface area contributed by atoms with Crippen LogP contribution in [0.1, 0.15) is 33.0 Å². The van der Waals surface area contributed by atoms with Gasteiger partial charge in [0.1, 0.15) is 11.6 Å². The molecule has 0 saturated heterocycles. The Morgan fingerprint density at radius 2 is 1.89 bits per heavy atom. The summed E-state index contributed by atoms with van der Waals surface area (Å²) in [6.45, 7) is 7.44. The molecule has 0 aliphatic rings. The van der Waals surface area contributed by atoms with Crippen molar-refractivity contribution >= 4 is 11.6 Å². The van der Waals surface area contributed by atoms with Gasteiger partial charge in [0, 0.05) is 25.7 Å². The molecule has 108 valence electrons. The van der Waals surface area contributed by atoms with E-state index in [4.69, 9.17) is 0 Å². The van der Waals surface area contributed by atoms with Crippen molar-refractivity contribution in [1.29, 1.82) is 0 Å². The monoisotopic (exact) mass is 276 g/mol. The first-order valence-corrected chi connectivity index (χ1v) is 6.37. The highest BCUT2D eigenvalue weighted by Gasteiger charge is 2.35. The van der Waals surface area contributed by atoms with Crippen LogP contribution in [0.3, 0.4) is 0 Å². The minimum atomic E-state index is -4.54. The van der Waals surface area contributed by atoms with Crippen molar-refractivity contribution < 1.29 is 13.2 Å². The highest BCUT2D eigenvalue weighted by Crippen LogP contribution is 2.29. The molecule has 1 rings (SSSR count). The van der Waals surface area contributed by atoms with E-state index in [0.717, 1.165) is 6.42 Å². The van der Waals surface area contributed by atoms with Crippen LogP contribution in [0, 0.1) is 0 Å². The maximum atomic E-state index is 12.8. The Morgan fingerprint density at radius 1 is 1.21 bits per heavy atom. The fraction of sp³-hybridized carbons (Fsp3) is 0.667. The molecule has 0 unspecified atom stereocenters. The maximum absolute atomic E-state index is 12.8. The third-order valence-corrected chi connectivity index (χ3v) is 2.52. The second-order valence-corrected chi connectivity index (χ2v) is 4.04. The molecule has 0 saturated carbocycles. The molecule has 19 heavy (non-hydrogen) atoms. The van der Waals surface area contributed by atoms with Gasteiger partial charge in [-0.05, 0) is 20.3 Å².